The number of non-ortho nitro benzene ring substituents is 1. The van der Waals surface area contributed by atoms with Crippen molar-refractivity contribution < 1.29 is 9.31 Å². The lowest BCUT2D eigenvalue weighted by atomic mass is 10.3. The Kier molecular flexibility index (Phi) is 2.12. The molecule has 14 heavy (non-hydrogen) atoms. The molecular weight excluding hydrogens is 227 g/mol. The first-order chi connectivity index (χ1) is 6.58. The average Bonchev–Trinajstić information content (AvgIpc) is 2.45. The van der Waals surface area contributed by atoms with Gasteiger partial charge in [0.05, 0.1) is 21.2 Å². The lowest BCUT2D eigenvalue weighted by Crippen LogP contribution is -1.88. The molecule has 0 aliphatic rings. The summed E-state index contributed by atoms with van der Waals surface area (Å²) in [7, 11) is 0. The second-order valence-electron chi connectivity index (χ2n) is 2.53. The van der Waals surface area contributed by atoms with Crippen LogP contribution >= 0.6 is 24.0 Å². The molecule has 7 heteroatoms. The zero-order chi connectivity index (χ0) is 10.3. The molecule has 1 aromatic heterocycles. The molecule has 0 unspecified atom stereocenters. The maximum absolute atomic E-state index is 13.3. The van der Waals surface area contributed by atoms with E-state index in [0.29, 0.717) is 9.04 Å². The van der Waals surface area contributed by atoms with E-state index in [1.54, 1.807) is 0 Å². The van der Waals surface area contributed by atoms with Crippen molar-refractivity contribution in [3.63, 3.8) is 0 Å². The van der Waals surface area contributed by atoms with Crippen LogP contribution in [-0.4, -0.2) is 9.91 Å². The minimum Gasteiger partial charge on any atom is -0.258 e. The summed E-state index contributed by atoms with van der Waals surface area (Å²) in [6.07, 6.45) is 0. The van der Waals surface area contributed by atoms with E-state index < -0.39 is 10.7 Å². The van der Waals surface area contributed by atoms with Gasteiger partial charge >= 0.3 is 0 Å². The Morgan fingerprint density at radius 3 is 2.93 bits per heavy atom. The Morgan fingerprint density at radius 2 is 2.29 bits per heavy atom. The van der Waals surface area contributed by atoms with Gasteiger partial charge in [-0.3, -0.25) is 10.1 Å². The van der Waals surface area contributed by atoms with Crippen molar-refractivity contribution in [2.75, 3.05) is 0 Å². The Hall–Kier alpha value is -1.21. The minimum atomic E-state index is -0.653. The van der Waals surface area contributed by atoms with E-state index in [9.17, 15) is 14.5 Å². The second-order valence-corrected chi connectivity index (χ2v) is 4.25. The van der Waals surface area contributed by atoms with E-state index >= 15 is 0 Å². The molecule has 0 saturated carbocycles. The predicted octanol–water partition coefficient (Wildman–Crippen LogP) is 2.63. The van der Waals surface area contributed by atoms with Gasteiger partial charge in [-0.1, -0.05) is 0 Å². The van der Waals surface area contributed by atoms with Crippen molar-refractivity contribution in [3.8, 4) is 0 Å². The number of fused-ring (bicyclic) bond motifs is 1. The Balaban J connectivity index is 2.77. The van der Waals surface area contributed by atoms with Crippen molar-refractivity contribution in [1.29, 1.82) is 0 Å². The highest BCUT2D eigenvalue weighted by molar-refractivity contribution is 7.82. The quantitative estimate of drug-likeness (QED) is 0.465. The van der Waals surface area contributed by atoms with Crippen LogP contribution in [0.15, 0.2) is 16.5 Å². The van der Waals surface area contributed by atoms with Crippen molar-refractivity contribution in [2.45, 2.75) is 4.34 Å². The predicted molar refractivity (Wildman–Crippen MR) is 53.5 cm³/mol. The summed E-state index contributed by atoms with van der Waals surface area (Å²) < 4.78 is 13.9. The fourth-order valence-corrected chi connectivity index (χ4v) is 2.15. The Morgan fingerprint density at radius 1 is 1.57 bits per heavy atom. The van der Waals surface area contributed by atoms with Gasteiger partial charge < -0.3 is 0 Å². The van der Waals surface area contributed by atoms with Crippen LogP contribution in [0.25, 0.3) is 10.2 Å². The monoisotopic (exact) mass is 230 g/mol. The van der Waals surface area contributed by atoms with Gasteiger partial charge in [0, 0.05) is 6.07 Å². The van der Waals surface area contributed by atoms with Crippen LogP contribution in [0.4, 0.5) is 10.1 Å². The van der Waals surface area contributed by atoms with Crippen molar-refractivity contribution in [1.82, 2.24) is 4.98 Å². The molecule has 0 saturated heterocycles. The van der Waals surface area contributed by atoms with E-state index in [2.05, 4.69) is 17.6 Å². The van der Waals surface area contributed by atoms with Gasteiger partial charge in [-0.2, -0.15) is 0 Å². The maximum Gasteiger partial charge on any atom is 0.274 e. The maximum atomic E-state index is 13.3. The summed E-state index contributed by atoms with van der Waals surface area (Å²) in [6, 6.07) is 2.11. The lowest BCUT2D eigenvalue weighted by molar-refractivity contribution is -0.384. The average molecular weight is 230 g/mol. The first-order valence-electron chi connectivity index (χ1n) is 3.51. The van der Waals surface area contributed by atoms with Gasteiger partial charge in [0.15, 0.2) is 0 Å². The zero-order valence-electron chi connectivity index (χ0n) is 6.60. The first-order valence-corrected chi connectivity index (χ1v) is 4.78. The number of nitro benzene ring substituents is 1. The molecule has 72 valence electrons. The molecule has 0 atom stereocenters. The third kappa shape index (κ3) is 1.44. The molecule has 2 aromatic rings. The van der Waals surface area contributed by atoms with Gasteiger partial charge in [0.2, 0.25) is 0 Å². The topological polar surface area (TPSA) is 56.0 Å². The first kappa shape index (κ1) is 9.35. The number of halogens is 1. The third-order valence-electron chi connectivity index (χ3n) is 1.63. The van der Waals surface area contributed by atoms with Gasteiger partial charge in [-0.15, -0.1) is 24.0 Å². The normalized spacial score (nSPS) is 10.7. The largest absolute Gasteiger partial charge is 0.274 e. The van der Waals surface area contributed by atoms with Crippen molar-refractivity contribution in [2.24, 2.45) is 0 Å². The SMILES string of the molecule is O=[N+]([O-])c1cc(F)c2sc(S)nc2c1. The highest BCUT2D eigenvalue weighted by atomic mass is 32.2. The number of thiazole rings is 1. The van der Waals surface area contributed by atoms with Crippen LogP contribution < -0.4 is 0 Å². The number of aromatic nitrogens is 1. The van der Waals surface area contributed by atoms with Crippen LogP contribution in [0.5, 0.6) is 0 Å². The second kappa shape index (κ2) is 3.18. The third-order valence-corrected chi connectivity index (χ3v) is 2.89. The van der Waals surface area contributed by atoms with Crippen LogP contribution in [0.2, 0.25) is 0 Å². The van der Waals surface area contributed by atoms with Crippen LogP contribution in [-0.2, 0) is 0 Å². The zero-order valence-corrected chi connectivity index (χ0v) is 8.31. The number of hydrogen-bond acceptors (Lipinski definition) is 5. The van der Waals surface area contributed by atoms with Crippen molar-refractivity contribution >= 4 is 39.9 Å². The summed E-state index contributed by atoms with van der Waals surface area (Å²) in [5, 5.41) is 10.4. The standard InChI is InChI=1S/C7H3FN2O2S2/c8-4-1-3(10(11)12)2-5-6(4)14-7(13)9-5/h1-2H,(H,9,13). The summed E-state index contributed by atoms with van der Waals surface area (Å²) in [4.78, 5) is 13.6. The molecule has 4 nitrogen and oxygen atoms in total. The highest BCUT2D eigenvalue weighted by Gasteiger charge is 2.14. The van der Waals surface area contributed by atoms with Gasteiger partial charge in [0.25, 0.3) is 5.69 Å². The molecule has 0 aliphatic heterocycles. The number of nitrogens with zero attached hydrogens (tertiary/aromatic N) is 2. The number of rotatable bonds is 1. The molecule has 0 radical (unpaired) electrons. The smallest absolute Gasteiger partial charge is 0.258 e. The van der Waals surface area contributed by atoms with Gasteiger partial charge in [0.1, 0.15) is 10.2 Å². The van der Waals surface area contributed by atoms with E-state index in [-0.39, 0.29) is 11.2 Å². The van der Waals surface area contributed by atoms with Crippen LogP contribution in [0.1, 0.15) is 0 Å². The lowest BCUT2D eigenvalue weighted by Gasteiger charge is -1.92. The minimum absolute atomic E-state index is 0.270. The molecule has 2 rings (SSSR count). The van der Waals surface area contributed by atoms with Gasteiger partial charge in [-0.25, -0.2) is 9.37 Å². The molecule has 0 amide bonds. The molecule has 0 spiro atoms. The number of nitro groups is 1. The highest BCUT2D eigenvalue weighted by Crippen LogP contribution is 2.30. The Labute approximate surface area is 86.9 Å². The van der Waals surface area contributed by atoms with Crippen LogP contribution in [0.3, 0.4) is 0 Å². The van der Waals surface area contributed by atoms with E-state index in [1.165, 1.54) is 6.07 Å². The van der Waals surface area contributed by atoms with E-state index in [0.717, 1.165) is 17.4 Å². The summed E-state index contributed by atoms with van der Waals surface area (Å²) in [6.45, 7) is 0. The fourth-order valence-electron chi connectivity index (χ4n) is 1.07. The van der Waals surface area contributed by atoms with E-state index in [4.69, 9.17) is 0 Å². The summed E-state index contributed by atoms with van der Waals surface area (Å²) >= 11 is 5.00. The summed E-state index contributed by atoms with van der Waals surface area (Å²) in [5.41, 5.74) is -0.0275. The fraction of sp³-hybridized carbons (Fsp3) is 0. The van der Waals surface area contributed by atoms with Crippen molar-refractivity contribution in [3.05, 3.63) is 28.1 Å². The summed E-state index contributed by atoms with van der Waals surface area (Å²) in [5.74, 6) is -0.632. The number of thiol groups is 1. The molecular formula is C7H3FN2O2S2. The molecule has 0 aliphatic carbocycles. The molecule has 1 aromatic carbocycles. The molecule has 1 heterocycles. The molecule has 0 fully saturated rings. The number of benzene rings is 1. The Bertz CT molecular complexity index is 526. The number of hydrogen-bond donors (Lipinski definition) is 1. The molecule has 0 N–H and O–H groups in total. The van der Waals surface area contributed by atoms with Gasteiger partial charge in [-0.05, 0) is 0 Å². The van der Waals surface area contributed by atoms with E-state index in [1.807, 2.05) is 0 Å². The van der Waals surface area contributed by atoms with Crippen LogP contribution in [0, 0.1) is 15.9 Å². The molecule has 0 bridgehead atoms.